The number of imide groups is 1. The molecule has 2 heterocycles. The molecule has 10 nitrogen and oxygen atoms in total. The molecule has 0 atom stereocenters. The number of amides is 3. The first-order chi connectivity index (χ1) is 15.1. The van der Waals surface area contributed by atoms with Crippen molar-refractivity contribution >= 4 is 46.5 Å². The van der Waals surface area contributed by atoms with Gasteiger partial charge < -0.3 is 23.9 Å². The van der Waals surface area contributed by atoms with Crippen LogP contribution >= 0.6 is 11.8 Å². The molecule has 11 heteroatoms. The number of hydrogen-bond donors (Lipinski definition) is 2. The second-order valence-corrected chi connectivity index (χ2v) is 7.18. The summed E-state index contributed by atoms with van der Waals surface area (Å²) in [4.78, 5) is 39.8. The van der Waals surface area contributed by atoms with E-state index in [-0.39, 0.29) is 5.75 Å². The fourth-order valence-corrected chi connectivity index (χ4v) is 3.30. The summed E-state index contributed by atoms with van der Waals surface area (Å²) in [6, 6.07) is 11.3. The van der Waals surface area contributed by atoms with E-state index in [4.69, 9.17) is 18.6 Å². The molecule has 0 spiro atoms. The van der Waals surface area contributed by atoms with Crippen LogP contribution in [0.1, 0.15) is 0 Å². The van der Waals surface area contributed by atoms with E-state index in [0.29, 0.717) is 46.7 Å². The van der Waals surface area contributed by atoms with E-state index in [1.54, 1.807) is 30.3 Å². The second kappa shape index (κ2) is 9.39. The highest BCUT2D eigenvalue weighted by atomic mass is 32.2. The lowest BCUT2D eigenvalue weighted by Crippen LogP contribution is -2.37. The van der Waals surface area contributed by atoms with Gasteiger partial charge in [0.15, 0.2) is 23.7 Å². The van der Waals surface area contributed by atoms with Gasteiger partial charge in [-0.25, -0.2) is 9.78 Å². The fourth-order valence-electron chi connectivity index (χ4n) is 2.67. The number of benzene rings is 2. The number of hydrogen-bond acceptors (Lipinski definition) is 9. The van der Waals surface area contributed by atoms with Crippen LogP contribution in [0.25, 0.3) is 11.1 Å². The number of fused-ring (bicyclic) bond motifs is 2. The molecule has 0 fully saturated rings. The van der Waals surface area contributed by atoms with Crippen molar-refractivity contribution in [1.29, 1.82) is 0 Å². The van der Waals surface area contributed by atoms with Crippen molar-refractivity contribution in [2.75, 3.05) is 30.9 Å². The fraction of sp³-hybridized carbons (Fsp3) is 0.200. The minimum absolute atomic E-state index is 0.0938. The Morgan fingerprint density at radius 3 is 2.71 bits per heavy atom. The topological polar surface area (TPSA) is 129 Å². The number of urea groups is 1. The molecule has 1 aliphatic rings. The number of esters is 1. The maximum absolute atomic E-state index is 12.0. The van der Waals surface area contributed by atoms with Gasteiger partial charge in [0.2, 0.25) is 0 Å². The zero-order valence-corrected chi connectivity index (χ0v) is 16.9. The monoisotopic (exact) mass is 443 g/mol. The molecule has 0 bridgehead atoms. The molecule has 0 saturated carbocycles. The molecule has 4 rings (SSSR count). The lowest BCUT2D eigenvalue weighted by molar-refractivity contribution is -0.145. The number of nitrogens with zero attached hydrogens (tertiary/aromatic N) is 1. The molecule has 3 aromatic rings. The number of nitrogens with one attached hydrogen (secondary N) is 2. The molecule has 0 aliphatic carbocycles. The average Bonchev–Trinajstić information content (AvgIpc) is 3.19. The summed E-state index contributed by atoms with van der Waals surface area (Å²) in [7, 11) is 0. The standard InChI is InChI=1S/C20H17N3O7S/c24-17(23-19(26)21-12-5-6-15-16(9-12)28-8-7-27-15)10-29-18(25)11-31-20-22-13-3-1-2-4-14(13)30-20/h1-6,9H,7-8,10-11H2,(H2,21,23,24,26). The Morgan fingerprint density at radius 1 is 1.06 bits per heavy atom. The predicted molar refractivity (Wildman–Crippen MR) is 110 cm³/mol. The third-order valence-electron chi connectivity index (χ3n) is 4.01. The number of rotatable bonds is 6. The molecule has 1 aliphatic heterocycles. The SMILES string of the molecule is O=C(COC(=O)CSc1nc2ccccc2o1)NC(=O)Nc1ccc2c(c1)OCCO2. The zero-order valence-electron chi connectivity index (χ0n) is 16.1. The summed E-state index contributed by atoms with van der Waals surface area (Å²) in [6.45, 7) is 0.277. The summed E-state index contributed by atoms with van der Waals surface area (Å²) in [5, 5.41) is 4.90. The summed E-state index contributed by atoms with van der Waals surface area (Å²) in [6.07, 6.45) is 0. The van der Waals surface area contributed by atoms with E-state index in [9.17, 15) is 14.4 Å². The van der Waals surface area contributed by atoms with Crippen molar-refractivity contribution in [3.8, 4) is 11.5 Å². The Kier molecular flexibility index (Phi) is 6.22. The van der Waals surface area contributed by atoms with Crippen LogP contribution in [-0.4, -0.2) is 48.5 Å². The van der Waals surface area contributed by atoms with Crippen LogP contribution in [0.3, 0.4) is 0 Å². The van der Waals surface area contributed by atoms with E-state index in [1.165, 1.54) is 0 Å². The van der Waals surface area contributed by atoms with E-state index in [2.05, 4.69) is 15.6 Å². The van der Waals surface area contributed by atoms with Crippen molar-refractivity contribution in [3.63, 3.8) is 0 Å². The van der Waals surface area contributed by atoms with Crippen LogP contribution in [0.5, 0.6) is 11.5 Å². The number of ether oxygens (including phenoxy) is 3. The Balaban J connectivity index is 1.18. The molecule has 0 radical (unpaired) electrons. The van der Waals surface area contributed by atoms with E-state index >= 15 is 0 Å². The van der Waals surface area contributed by atoms with Gasteiger partial charge in [0.25, 0.3) is 11.1 Å². The molecule has 31 heavy (non-hydrogen) atoms. The quantitative estimate of drug-likeness (QED) is 0.436. The second-order valence-electron chi connectivity index (χ2n) is 6.26. The summed E-state index contributed by atoms with van der Waals surface area (Å²) < 4.78 is 21.2. The summed E-state index contributed by atoms with van der Waals surface area (Å²) in [5.74, 6) is -0.426. The molecule has 0 saturated heterocycles. The van der Waals surface area contributed by atoms with Gasteiger partial charge in [0.1, 0.15) is 24.5 Å². The largest absolute Gasteiger partial charge is 0.486 e. The maximum Gasteiger partial charge on any atom is 0.325 e. The Morgan fingerprint density at radius 2 is 1.87 bits per heavy atom. The van der Waals surface area contributed by atoms with Crippen LogP contribution in [0.2, 0.25) is 0 Å². The number of carbonyl (C=O) groups excluding carboxylic acids is 3. The van der Waals surface area contributed by atoms with Crippen LogP contribution in [0, 0.1) is 0 Å². The number of para-hydroxylation sites is 2. The van der Waals surface area contributed by atoms with Crippen molar-refractivity contribution in [1.82, 2.24) is 10.3 Å². The first-order valence-electron chi connectivity index (χ1n) is 9.21. The molecule has 3 amide bonds. The van der Waals surface area contributed by atoms with Gasteiger partial charge in [0.05, 0.1) is 0 Å². The third kappa shape index (κ3) is 5.45. The molecule has 2 N–H and O–H groups in total. The van der Waals surface area contributed by atoms with Crippen LogP contribution < -0.4 is 20.1 Å². The minimum Gasteiger partial charge on any atom is -0.486 e. The summed E-state index contributed by atoms with van der Waals surface area (Å²) >= 11 is 1.05. The van der Waals surface area contributed by atoms with Crippen LogP contribution in [0.15, 0.2) is 52.1 Å². The van der Waals surface area contributed by atoms with Crippen molar-refractivity contribution < 1.29 is 33.0 Å². The van der Waals surface area contributed by atoms with Crippen molar-refractivity contribution in [2.24, 2.45) is 0 Å². The number of anilines is 1. The van der Waals surface area contributed by atoms with Gasteiger partial charge in [-0.3, -0.25) is 14.9 Å². The average molecular weight is 443 g/mol. The number of oxazole rings is 1. The van der Waals surface area contributed by atoms with Gasteiger partial charge in [-0.1, -0.05) is 23.9 Å². The van der Waals surface area contributed by atoms with Crippen LogP contribution in [0.4, 0.5) is 10.5 Å². The lowest BCUT2D eigenvalue weighted by atomic mass is 10.2. The molecule has 160 valence electrons. The smallest absolute Gasteiger partial charge is 0.325 e. The Labute approximate surface area is 180 Å². The van der Waals surface area contributed by atoms with E-state index in [1.807, 2.05) is 12.1 Å². The van der Waals surface area contributed by atoms with Crippen molar-refractivity contribution in [3.05, 3.63) is 42.5 Å². The highest BCUT2D eigenvalue weighted by Crippen LogP contribution is 2.32. The van der Waals surface area contributed by atoms with Crippen LogP contribution in [-0.2, 0) is 14.3 Å². The highest BCUT2D eigenvalue weighted by molar-refractivity contribution is 7.99. The molecular weight excluding hydrogens is 426 g/mol. The van der Waals surface area contributed by atoms with E-state index < -0.39 is 24.5 Å². The van der Waals surface area contributed by atoms with Crippen molar-refractivity contribution in [2.45, 2.75) is 5.22 Å². The van der Waals surface area contributed by atoms with E-state index in [0.717, 1.165) is 11.8 Å². The minimum atomic E-state index is -0.768. The lowest BCUT2D eigenvalue weighted by Gasteiger charge is -2.19. The predicted octanol–water partition coefficient (Wildman–Crippen LogP) is 2.58. The normalized spacial score (nSPS) is 12.3. The van der Waals surface area contributed by atoms with Gasteiger partial charge in [-0.05, 0) is 24.3 Å². The molecule has 2 aromatic carbocycles. The highest BCUT2D eigenvalue weighted by Gasteiger charge is 2.15. The zero-order chi connectivity index (χ0) is 21.6. The number of thioether (sulfide) groups is 1. The first kappa shape index (κ1) is 20.5. The Bertz CT molecular complexity index is 1100. The molecule has 1 aromatic heterocycles. The molecular formula is C20H17N3O7S. The number of carbonyl (C=O) groups is 3. The first-order valence-corrected chi connectivity index (χ1v) is 10.2. The third-order valence-corrected chi connectivity index (χ3v) is 4.81. The van der Waals surface area contributed by atoms with Gasteiger partial charge in [-0.2, -0.15) is 0 Å². The molecule has 0 unspecified atom stereocenters. The van der Waals surface area contributed by atoms with Gasteiger partial charge >= 0.3 is 12.0 Å². The maximum atomic E-state index is 12.0. The summed E-state index contributed by atoms with van der Waals surface area (Å²) in [5.41, 5.74) is 1.71. The van der Waals surface area contributed by atoms with Gasteiger partial charge in [-0.15, -0.1) is 0 Å². The van der Waals surface area contributed by atoms with Gasteiger partial charge in [0, 0.05) is 11.8 Å². The number of aromatic nitrogens is 1. The Hall–Kier alpha value is -3.73.